The lowest BCUT2D eigenvalue weighted by Gasteiger charge is -2.20. The van der Waals surface area contributed by atoms with Crippen LogP contribution < -0.4 is 5.32 Å². The first-order valence-electron chi connectivity index (χ1n) is 5.96. The van der Waals surface area contributed by atoms with E-state index in [9.17, 15) is 0 Å². The number of hydrogen-bond donors (Lipinski definition) is 1. The van der Waals surface area contributed by atoms with Crippen LogP contribution in [0.5, 0.6) is 0 Å². The zero-order chi connectivity index (χ0) is 13.0. The molecular weight excluding hydrogens is 260 g/mol. The number of rotatable bonds is 5. The largest absolute Gasteiger partial charge is 0.304 e. The van der Waals surface area contributed by atoms with Crippen molar-refractivity contribution in [1.29, 1.82) is 5.26 Å². The second-order valence-electron chi connectivity index (χ2n) is 4.50. The Morgan fingerprint density at radius 2 is 2.17 bits per heavy atom. The standard InChI is InChI=1S/C14H16N2S2/c1-10(2)14(13-4-3-7-17-13)16-9-12-6-5-11(8-15)18-12/h3-7,10,14,16H,9H2,1-2H3. The van der Waals surface area contributed by atoms with Crippen LogP contribution in [0.2, 0.25) is 0 Å². The summed E-state index contributed by atoms with van der Waals surface area (Å²) in [6, 6.07) is 10.8. The van der Waals surface area contributed by atoms with E-state index in [1.165, 1.54) is 9.75 Å². The van der Waals surface area contributed by atoms with Gasteiger partial charge in [0.05, 0.1) is 0 Å². The maximum atomic E-state index is 8.81. The minimum Gasteiger partial charge on any atom is -0.304 e. The van der Waals surface area contributed by atoms with Gasteiger partial charge in [0.25, 0.3) is 0 Å². The van der Waals surface area contributed by atoms with E-state index in [0.29, 0.717) is 12.0 Å². The van der Waals surface area contributed by atoms with E-state index in [1.54, 1.807) is 22.7 Å². The first-order valence-corrected chi connectivity index (χ1v) is 7.66. The van der Waals surface area contributed by atoms with Crippen LogP contribution in [-0.2, 0) is 6.54 Å². The van der Waals surface area contributed by atoms with Crippen LogP contribution in [0.15, 0.2) is 29.6 Å². The van der Waals surface area contributed by atoms with Gasteiger partial charge in [0, 0.05) is 22.3 Å². The lowest BCUT2D eigenvalue weighted by Crippen LogP contribution is -2.24. The molecular formula is C14H16N2S2. The molecule has 0 bridgehead atoms. The van der Waals surface area contributed by atoms with Crippen LogP contribution in [0.1, 0.15) is 34.5 Å². The molecule has 2 aromatic rings. The molecule has 18 heavy (non-hydrogen) atoms. The summed E-state index contributed by atoms with van der Waals surface area (Å²) in [6.45, 7) is 5.28. The van der Waals surface area contributed by atoms with Gasteiger partial charge in [-0.15, -0.1) is 22.7 Å². The fourth-order valence-corrected chi connectivity index (χ4v) is 3.61. The third-order valence-corrected chi connectivity index (χ3v) is 4.73. The number of nitriles is 1. The van der Waals surface area contributed by atoms with E-state index in [-0.39, 0.29) is 0 Å². The lowest BCUT2D eigenvalue weighted by molar-refractivity contribution is 0.418. The molecule has 2 rings (SSSR count). The summed E-state index contributed by atoms with van der Waals surface area (Å²) < 4.78 is 0. The van der Waals surface area contributed by atoms with E-state index >= 15 is 0 Å². The molecule has 0 spiro atoms. The highest BCUT2D eigenvalue weighted by Crippen LogP contribution is 2.26. The summed E-state index contributed by atoms with van der Waals surface area (Å²) in [5.74, 6) is 0.555. The highest BCUT2D eigenvalue weighted by atomic mass is 32.1. The van der Waals surface area contributed by atoms with E-state index < -0.39 is 0 Å². The Hall–Kier alpha value is -1.15. The minimum atomic E-state index is 0.387. The van der Waals surface area contributed by atoms with Crippen molar-refractivity contribution in [3.05, 3.63) is 44.3 Å². The van der Waals surface area contributed by atoms with Gasteiger partial charge in [0.2, 0.25) is 0 Å². The van der Waals surface area contributed by atoms with Gasteiger partial charge in [-0.3, -0.25) is 0 Å². The molecule has 2 aromatic heterocycles. The lowest BCUT2D eigenvalue weighted by atomic mass is 10.0. The van der Waals surface area contributed by atoms with Crippen molar-refractivity contribution in [2.45, 2.75) is 26.4 Å². The second kappa shape index (κ2) is 6.14. The monoisotopic (exact) mass is 276 g/mol. The van der Waals surface area contributed by atoms with Crippen molar-refractivity contribution in [2.24, 2.45) is 5.92 Å². The fraction of sp³-hybridized carbons (Fsp3) is 0.357. The molecule has 0 aliphatic heterocycles. The Kier molecular flexibility index (Phi) is 4.54. The van der Waals surface area contributed by atoms with Gasteiger partial charge >= 0.3 is 0 Å². The summed E-state index contributed by atoms with van der Waals surface area (Å²) in [6.07, 6.45) is 0. The summed E-state index contributed by atoms with van der Waals surface area (Å²) in [5.41, 5.74) is 0. The first kappa shape index (κ1) is 13.3. The number of nitrogens with zero attached hydrogens (tertiary/aromatic N) is 1. The molecule has 0 aliphatic carbocycles. The van der Waals surface area contributed by atoms with Gasteiger partial charge < -0.3 is 5.32 Å². The van der Waals surface area contributed by atoms with Gasteiger partial charge in [-0.2, -0.15) is 5.26 Å². The molecule has 0 aliphatic rings. The zero-order valence-corrected chi connectivity index (χ0v) is 12.1. The smallest absolute Gasteiger partial charge is 0.110 e. The summed E-state index contributed by atoms with van der Waals surface area (Å²) in [4.78, 5) is 3.37. The summed E-state index contributed by atoms with van der Waals surface area (Å²) in [5, 5.41) is 14.5. The van der Waals surface area contributed by atoms with Crippen LogP contribution in [0.25, 0.3) is 0 Å². The van der Waals surface area contributed by atoms with E-state index in [0.717, 1.165) is 11.4 Å². The van der Waals surface area contributed by atoms with Gasteiger partial charge in [0.1, 0.15) is 10.9 Å². The van der Waals surface area contributed by atoms with E-state index in [4.69, 9.17) is 5.26 Å². The molecule has 1 atom stereocenters. The molecule has 2 heterocycles. The van der Waals surface area contributed by atoms with Crippen LogP contribution in [0.4, 0.5) is 0 Å². The molecule has 0 amide bonds. The Bertz CT molecular complexity index is 520. The average molecular weight is 276 g/mol. The molecule has 2 nitrogen and oxygen atoms in total. The molecule has 0 aromatic carbocycles. The van der Waals surface area contributed by atoms with Crippen molar-refractivity contribution in [3.63, 3.8) is 0 Å². The number of nitrogens with one attached hydrogen (secondary N) is 1. The van der Waals surface area contributed by atoms with Crippen LogP contribution in [0, 0.1) is 17.2 Å². The number of hydrogen-bond acceptors (Lipinski definition) is 4. The Labute approximate surface area is 116 Å². The quantitative estimate of drug-likeness (QED) is 0.889. The van der Waals surface area contributed by atoms with E-state index in [2.05, 4.69) is 42.7 Å². The third-order valence-electron chi connectivity index (χ3n) is 2.78. The van der Waals surface area contributed by atoms with Crippen molar-refractivity contribution in [1.82, 2.24) is 5.32 Å². The molecule has 94 valence electrons. The normalized spacial score (nSPS) is 12.6. The third kappa shape index (κ3) is 3.20. The number of thiophene rings is 2. The molecule has 1 N–H and O–H groups in total. The summed E-state index contributed by atoms with van der Waals surface area (Å²) >= 11 is 3.36. The Morgan fingerprint density at radius 1 is 1.33 bits per heavy atom. The van der Waals surface area contributed by atoms with Gasteiger partial charge in [-0.1, -0.05) is 19.9 Å². The fourth-order valence-electron chi connectivity index (χ4n) is 1.88. The maximum absolute atomic E-state index is 8.81. The van der Waals surface area contributed by atoms with E-state index in [1.807, 2.05) is 12.1 Å². The zero-order valence-electron chi connectivity index (χ0n) is 10.5. The predicted octanol–water partition coefficient (Wildman–Crippen LogP) is 4.17. The highest BCUT2D eigenvalue weighted by molar-refractivity contribution is 7.12. The molecule has 4 heteroatoms. The minimum absolute atomic E-state index is 0.387. The van der Waals surface area contributed by atoms with Gasteiger partial charge in [-0.25, -0.2) is 0 Å². The predicted molar refractivity (Wildman–Crippen MR) is 77.8 cm³/mol. The van der Waals surface area contributed by atoms with Crippen molar-refractivity contribution < 1.29 is 0 Å². The van der Waals surface area contributed by atoms with Gasteiger partial charge in [0.15, 0.2) is 0 Å². The van der Waals surface area contributed by atoms with Crippen LogP contribution >= 0.6 is 22.7 Å². The van der Waals surface area contributed by atoms with Crippen molar-refractivity contribution >= 4 is 22.7 Å². The molecule has 0 saturated carbocycles. The van der Waals surface area contributed by atoms with Crippen LogP contribution in [0.3, 0.4) is 0 Å². The first-order chi connectivity index (χ1) is 8.70. The Balaban J connectivity index is 2.00. The second-order valence-corrected chi connectivity index (χ2v) is 6.64. The average Bonchev–Trinajstić information content (AvgIpc) is 2.99. The molecule has 0 saturated heterocycles. The molecule has 0 radical (unpaired) electrons. The maximum Gasteiger partial charge on any atom is 0.110 e. The highest BCUT2D eigenvalue weighted by Gasteiger charge is 2.16. The SMILES string of the molecule is CC(C)C(NCc1ccc(C#N)s1)c1cccs1. The molecule has 0 fully saturated rings. The van der Waals surface area contributed by atoms with Gasteiger partial charge in [-0.05, 0) is 29.5 Å². The Morgan fingerprint density at radius 3 is 2.72 bits per heavy atom. The summed E-state index contributed by atoms with van der Waals surface area (Å²) in [7, 11) is 0. The van der Waals surface area contributed by atoms with Crippen molar-refractivity contribution in [3.8, 4) is 6.07 Å². The van der Waals surface area contributed by atoms with Crippen molar-refractivity contribution in [2.75, 3.05) is 0 Å². The topological polar surface area (TPSA) is 35.8 Å². The molecule has 1 unspecified atom stereocenters. The van der Waals surface area contributed by atoms with Crippen LogP contribution in [-0.4, -0.2) is 0 Å².